The number of urea groups is 1. The molecule has 0 aliphatic carbocycles. The van der Waals surface area contributed by atoms with Gasteiger partial charge < -0.3 is 5.32 Å². The molecule has 1 aromatic rings. The maximum atomic E-state index is 12.7. The molecular weight excluding hydrogens is 287 g/mol. The molecule has 0 spiro atoms. The van der Waals surface area contributed by atoms with Crippen LogP contribution in [0.25, 0.3) is 0 Å². The van der Waals surface area contributed by atoms with Gasteiger partial charge in [-0.15, -0.1) is 0 Å². The van der Waals surface area contributed by atoms with Crippen molar-refractivity contribution in [1.29, 1.82) is 0 Å². The van der Waals surface area contributed by atoms with E-state index in [1.165, 1.54) is 12.1 Å². The second kappa shape index (κ2) is 6.02. The molecule has 0 bridgehead atoms. The van der Waals surface area contributed by atoms with E-state index in [9.17, 15) is 22.8 Å². The van der Waals surface area contributed by atoms with E-state index >= 15 is 0 Å². The Hall–Kier alpha value is -2.25. The normalized spacial score (nSPS) is 11.7. The fraction of sp³-hybridized carbons (Fsp3) is 0.385. The van der Waals surface area contributed by atoms with Crippen LogP contribution >= 0.6 is 0 Å². The number of halogens is 3. The Kier molecular flexibility index (Phi) is 4.82. The number of hydrogen-bond donors (Lipinski definition) is 3. The van der Waals surface area contributed by atoms with Gasteiger partial charge in [0.2, 0.25) is 5.91 Å². The number of amides is 3. The number of benzene rings is 1. The third-order valence-electron chi connectivity index (χ3n) is 2.45. The molecule has 0 atom stereocenters. The van der Waals surface area contributed by atoms with Crippen LogP contribution < -0.4 is 16.2 Å². The van der Waals surface area contributed by atoms with Gasteiger partial charge in [-0.1, -0.05) is 32.9 Å². The Bertz CT molecular complexity index is 536. The highest BCUT2D eigenvalue weighted by molar-refractivity contribution is 5.92. The van der Waals surface area contributed by atoms with Crippen molar-refractivity contribution < 1.29 is 22.8 Å². The van der Waals surface area contributed by atoms with Crippen molar-refractivity contribution in [1.82, 2.24) is 10.9 Å². The highest BCUT2D eigenvalue weighted by atomic mass is 19.4. The minimum atomic E-state index is -4.58. The van der Waals surface area contributed by atoms with Crippen LogP contribution in [0.4, 0.5) is 23.7 Å². The number of anilines is 1. The maximum Gasteiger partial charge on any atom is 0.418 e. The van der Waals surface area contributed by atoms with Crippen LogP contribution in [0.3, 0.4) is 0 Å². The summed E-state index contributed by atoms with van der Waals surface area (Å²) < 4.78 is 38.2. The van der Waals surface area contributed by atoms with Gasteiger partial charge in [-0.3, -0.25) is 10.2 Å². The minimum absolute atomic E-state index is 0.396. The summed E-state index contributed by atoms with van der Waals surface area (Å²) in [5.41, 5.74) is 2.01. The number of para-hydroxylation sites is 1. The summed E-state index contributed by atoms with van der Waals surface area (Å²) in [4.78, 5) is 23.0. The molecule has 0 aliphatic rings. The van der Waals surface area contributed by atoms with Gasteiger partial charge in [0.1, 0.15) is 0 Å². The number of hydrazine groups is 1. The first-order chi connectivity index (χ1) is 9.51. The van der Waals surface area contributed by atoms with Crippen molar-refractivity contribution in [2.45, 2.75) is 26.9 Å². The largest absolute Gasteiger partial charge is 0.418 e. The molecule has 8 heteroatoms. The Morgan fingerprint density at radius 3 is 2.10 bits per heavy atom. The molecular formula is C13H16F3N3O2. The molecule has 1 rings (SSSR count). The SMILES string of the molecule is CC(C)(C)C(=O)NNC(=O)Nc1ccccc1C(F)(F)F. The highest BCUT2D eigenvalue weighted by Crippen LogP contribution is 2.34. The first-order valence-corrected chi connectivity index (χ1v) is 6.05. The Morgan fingerprint density at radius 1 is 1.00 bits per heavy atom. The molecule has 3 N–H and O–H groups in total. The van der Waals surface area contributed by atoms with Gasteiger partial charge in [0.15, 0.2) is 0 Å². The van der Waals surface area contributed by atoms with E-state index < -0.39 is 34.8 Å². The van der Waals surface area contributed by atoms with Crippen LogP contribution in [-0.2, 0) is 11.0 Å². The van der Waals surface area contributed by atoms with Gasteiger partial charge in [0, 0.05) is 5.41 Å². The monoisotopic (exact) mass is 303 g/mol. The number of rotatable bonds is 1. The van der Waals surface area contributed by atoms with Crippen molar-refractivity contribution in [3.63, 3.8) is 0 Å². The van der Waals surface area contributed by atoms with E-state index in [2.05, 4.69) is 5.43 Å². The zero-order valence-corrected chi connectivity index (χ0v) is 11.8. The van der Waals surface area contributed by atoms with Crippen molar-refractivity contribution in [3.8, 4) is 0 Å². The van der Waals surface area contributed by atoms with Gasteiger partial charge in [0.05, 0.1) is 11.3 Å². The third-order valence-corrected chi connectivity index (χ3v) is 2.45. The average molecular weight is 303 g/mol. The molecule has 5 nitrogen and oxygen atoms in total. The molecule has 0 unspecified atom stereocenters. The number of carbonyl (C=O) groups is 2. The van der Waals surface area contributed by atoms with Crippen molar-refractivity contribution in [2.75, 3.05) is 5.32 Å². The second-order valence-electron chi connectivity index (χ2n) is 5.33. The molecule has 0 radical (unpaired) electrons. The first kappa shape index (κ1) is 16.8. The van der Waals surface area contributed by atoms with Gasteiger partial charge in [-0.25, -0.2) is 10.2 Å². The Balaban J connectivity index is 2.71. The van der Waals surface area contributed by atoms with E-state index in [0.717, 1.165) is 12.1 Å². The summed E-state index contributed by atoms with van der Waals surface area (Å²) in [7, 11) is 0. The van der Waals surface area contributed by atoms with E-state index in [1.807, 2.05) is 10.7 Å². The van der Waals surface area contributed by atoms with E-state index in [4.69, 9.17) is 0 Å². The van der Waals surface area contributed by atoms with Gasteiger partial charge in [0.25, 0.3) is 0 Å². The van der Waals surface area contributed by atoms with Crippen LogP contribution in [0.5, 0.6) is 0 Å². The van der Waals surface area contributed by atoms with Crippen molar-refractivity contribution in [3.05, 3.63) is 29.8 Å². The standard InChI is InChI=1S/C13H16F3N3O2/c1-12(2,3)10(20)18-19-11(21)17-9-7-5-4-6-8(9)13(14,15)16/h4-7H,1-3H3,(H,18,20)(H2,17,19,21). The van der Waals surface area contributed by atoms with E-state index in [0.29, 0.717) is 0 Å². The molecule has 21 heavy (non-hydrogen) atoms. The summed E-state index contributed by atoms with van der Waals surface area (Å²) in [5.74, 6) is -0.471. The number of carbonyl (C=O) groups excluding carboxylic acids is 2. The van der Waals surface area contributed by atoms with E-state index in [1.54, 1.807) is 20.8 Å². The van der Waals surface area contributed by atoms with Gasteiger partial charge in [-0.2, -0.15) is 13.2 Å². The summed E-state index contributed by atoms with van der Waals surface area (Å²) >= 11 is 0. The minimum Gasteiger partial charge on any atom is -0.306 e. The topological polar surface area (TPSA) is 70.2 Å². The second-order valence-corrected chi connectivity index (χ2v) is 5.33. The molecule has 0 saturated heterocycles. The number of nitrogens with one attached hydrogen (secondary N) is 3. The Labute approximate surface area is 119 Å². The predicted octanol–water partition coefficient (Wildman–Crippen LogP) is 2.90. The van der Waals surface area contributed by atoms with E-state index in [-0.39, 0.29) is 0 Å². The molecule has 0 saturated carbocycles. The summed E-state index contributed by atoms with van der Waals surface area (Å²) in [6, 6.07) is 3.58. The Morgan fingerprint density at radius 2 is 1.57 bits per heavy atom. The van der Waals surface area contributed by atoms with Crippen LogP contribution in [-0.4, -0.2) is 11.9 Å². The molecule has 0 aromatic heterocycles. The predicted molar refractivity (Wildman–Crippen MR) is 71.2 cm³/mol. The molecule has 116 valence electrons. The highest BCUT2D eigenvalue weighted by Gasteiger charge is 2.33. The molecule has 0 fully saturated rings. The number of alkyl halides is 3. The van der Waals surface area contributed by atoms with Crippen LogP contribution in [0.1, 0.15) is 26.3 Å². The molecule has 0 aliphatic heterocycles. The van der Waals surface area contributed by atoms with Gasteiger partial charge >= 0.3 is 12.2 Å². The lowest BCUT2D eigenvalue weighted by atomic mass is 9.96. The smallest absolute Gasteiger partial charge is 0.306 e. The lowest BCUT2D eigenvalue weighted by molar-refractivity contribution is -0.137. The lowest BCUT2D eigenvalue weighted by Crippen LogP contribution is -2.48. The average Bonchev–Trinajstić information content (AvgIpc) is 2.34. The zero-order chi connectivity index (χ0) is 16.3. The summed E-state index contributed by atoms with van der Waals surface area (Å²) in [6.45, 7) is 4.88. The lowest BCUT2D eigenvalue weighted by Gasteiger charge is -2.18. The fourth-order valence-corrected chi connectivity index (χ4v) is 1.29. The van der Waals surface area contributed by atoms with Crippen LogP contribution in [0, 0.1) is 5.41 Å². The van der Waals surface area contributed by atoms with Crippen molar-refractivity contribution >= 4 is 17.6 Å². The molecule has 1 aromatic carbocycles. The fourth-order valence-electron chi connectivity index (χ4n) is 1.29. The van der Waals surface area contributed by atoms with Crippen molar-refractivity contribution in [2.24, 2.45) is 5.41 Å². The van der Waals surface area contributed by atoms with Crippen LogP contribution in [0.15, 0.2) is 24.3 Å². The number of hydrogen-bond acceptors (Lipinski definition) is 2. The third kappa shape index (κ3) is 4.97. The first-order valence-electron chi connectivity index (χ1n) is 6.05. The zero-order valence-electron chi connectivity index (χ0n) is 11.8. The summed E-state index contributed by atoms with van der Waals surface area (Å²) in [6.07, 6.45) is -4.58. The summed E-state index contributed by atoms with van der Waals surface area (Å²) in [5, 5.41) is 2.04. The maximum absolute atomic E-state index is 12.7. The van der Waals surface area contributed by atoms with Crippen LogP contribution in [0.2, 0.25) is 0 Å². The molecule has 3 amide bonds. The van der Waals surface area contributed by atoms with Gasteiger partial charge in [-0.05, 0) is 12.1 Å². The molecule has 0 heterocycles. The quantitative estimate of drug-likeness (QED) is 0.698.